The molecule has 0 unspecified atom stereocenters. The van der Waals surface area contributed by atoms with E-state index in [2.05, 4.69) is 56.1 Å². The number of aryl methyl sites for hydroxylation is 3. The van der Waals surface area contributed by atoms with Crippen LogP contribution >= 0.6 is 0 Å². The van der Waals surface area contributed by atoms with Crippen LogP contribution in [0.1, 0.15) is 48.0 Å². The molecule has 1 aromatic carbocycles. The number of fused-ring (bicyclic) bond motifs is 1. The summed E-state index contributed by atoms with van der Waals surface area (Å²) in [5, 5.41) is 4.80. The number of rotatable bonds is 6. The molecule has 1 saturated heterocycles. The number of hydrogen-bond acceptors (Lipinski definition) is 4. The van der Waals surface area contributed by atoms with Crippen molar-refractivity contribution in [2.24, 2.45) is 5.92 Å². The summed E-state index contributed by atoms with van der Waals surface area (Å²) in [7, 11) is 2.20. The first-order valence-corrected chi connectivity index (χ1v) is 10.8. The lowest BCUT2D eigenvalue weighted by atomic mass is 9.98. The quantitative estimate of drug-likeness (QED) is 0.630. The van der Waals surface area contributed by atoms with Gasteiger partial charge in [0.15, 0.2) is 5.65 Å². The Bertz CT molecular complexity index is 969. The zero-order valence-electron chi connectivity index (χ0n) is 18.1. The first-order valence-electron chi connectivity index (χ1n) is 10.8. The monoisotopic (exact) mass is 392 g/mol. The lowest BCUT2D eigenvalue weighted by Gasteiger charge is -2.28. The van der Waals surface area contributed by atoms with Crippen LogP contribution in [-0.2, 0) is 12.8 Å². The van der Waals surface area contributed by atoms with Gasteiger partial charge >= 0.3 is 0 Å². The van der Waals surface area contributed by atoms with Gasteiger partial charge in [-0.05, 0) is 82.9 Å². The molecule has 0 N–H and O–H groups in total. The van der Waals surface area contributed by atoms with Gasteiger partial charge in [0.1, 0.15) is 5.75 Å². The van der Waals surface area contributed by atoms with Crippen molar-refractivity contribution in [3.8, 4) is 5.75 Å². The molecule has 29 heavy (non-hydrogen) atoms. The number of piperidine rings is 1. The van der Waals surface area contributed by atoms with Crippen LogP contribution < -0.4 is 4.74 Å². The van der Waals surface area contributed by atoms with Gasteiger partial charge in [-0.2, -0.15) is 5.10 Å². The summed E-state index contributed by atoms with van der Waals surface area (Å²) in [4.78, 5) is 7.17. The molecule has 154 valence electrons. The Morgan fingerprint density at radius 3 is 2.52 bits per heavy atom. The lowest BCUT2D eigenvalue weighted by molar-refractivity contribution is 0.160. The Kier molecular flexibility index (Phi) is 5.86. The highest BCUT2D eigenvalue weighted by Crippen LogP contribution is 2.23. The van der Waals surface area contributed by atoms with Crippen LogP contribution in [0.15, 0.2) is 30.3 Å². The minimum atomic E-state index is 0.675. The minimum absolute atomic E-state index is 0.675. The Morgan fingerprint density at radius 1 is 1.10 bits per heavy atom. The van der Waals surface area contributed by atoms with Gasteiger partial charge in [0.05, 0.1) is 12.3 Å². The maximum atomic E-state index is 6.07. The van der Waals surface area contributed by atoms with Crippen LogP contribution in [0, 0.1) is 19.8 Å². The van der Waals surface area contributed by atoms with E-state index in [0.29, 0.717) is 5.92 Å². The second-order valence-corrected chi connectivity index (χ2v) is 8.43. The van der Waals surface area contributed by atoms with Gasteiger partial charge in [-0.1, -0.05) is 19.1 Å². The molecular weight excluding hydrogens is 360 g/mol. The van der Waals surface area contributed by atoms with Gasteiger partial charge in [-0.25, -0.2) is 9.50 Å². The standard InChI is InChI=1S/C24H32N4O/c1-5-23-22(24-25-17(2)14-18(3)28(24)26-23)15-19-6-8-21(9-7-19)29-16-20-10-12-27(4)13-11-20/h6-9,14,20H,5,10-13,15-16H2,1-4H3. The first-order chi connectivity index (χ1) is 14.0. The molecule has 0 bridgehead atoms. The average molecular weight is 393 g/mol. The number of benzene rings is 1. The maximum Gasteiger partial charge on any atom is 0.159 e. The molecule has 0 amide bonds. The summed E-state index contributed by atoms with van der Waals surface area (Å²) in [5.74, 6) is 1.64. The van der Waals surface area contributed by atoms with E-state index in [4.69, 9.17) is 14.8 Å². The van der Waals surface area contributed by atoms with Crippen LogP contribution in [0.5, 0.6) is 5.75 Å². The number of likely N-dealkylation sites (tertiary alicyclic amines) is 1. The SMILES string of the molecule is CCc1nn2c(C)cc(C)nc2c1Cc1ccc(OCC2CCN(C)CC2)cc1. The van der Waals surface area contributed by atoms with Crippen LogP contribution in [0.25, 0.3) is 5.65 Å². The fraction of sp³-hybridized carbons (Fsp3) is 0.500. The zero-order chi connectivity index (χ0) is 20.4. The van der Waals surface area contributed by atoms with Crippen LogP contribution in [0.3, 0.4) is 0 Å². The van der Waals surface area contributed by atoms with Gasteiger partial charge in [-0.15, -0.1) is 0 Å². The third-order valence-electron chi connectivity index (χ3n) is 6.04. The number of ether oxygens (including phenoxy) is 1. The van der Waals surface area contributed by atoms with Crippen molar-refractivity contribution in [2.75, 3.05) is 26.7 Å². The second-order valence-electron chi connectivity index (χ2n) is 8.43. The molecule has 0 aliphatic carbocycles. The van der Waals surface area contributed by atoms with E-state index in [1.807, 2.05) is 11.4 Å². The predicted octanol–water partition coefficient (Wildman–Crippen LogP) is 4.22. The van der Waals surface area contributed by atoms with E-state index < -0.39 is 0 Å². The van der Waals surface area contributed by atoms with E-state index in [1.54, 1.807) is 0 Å². The van der Waals surface area contributed by atoms with Gasteiger partial charge in [-0.3, -0.25) is 0 Å². The van der Waals surface area contributed by atoms with Gasteiger partial charge < -0.3 is 9.64 Å². The zero-order valence-corrected chi connectivity index (χ0v) is 18.1. The fourth-order valence-corrected chi connectivity index (χ4v) is 4.22. The molecule has 3 aromatic rings. The van der Waals surface area contributed by atoms with Crippen LogP contribution in [0.2, 0.25) is 0 Å². The number of aromatic nitrogens is 3. The van der Waals surface area contributed by atoms with E-state index >= 15 is 0 Å². The molecule has 1 fully saturated rings. The van der Waals surface area contributed by atoms with Crippen molar-refractivity contribution < 1.29 is 4.74 Å². The topological polar surface area (TPSA) is 42.7 Å². The van der Waals surface area contributed by atoms with E-state index in [-0.39, 0.29) is 0 Å². The minimum Gasteiger partial charge on any atom is -0.493 e. The lowest BCUT2D eigenvalue weighted by Crippen LogP contribution is -2.32. The highest BCUT2D eigenvalue weighted by Gasteiger charge is 2.18. The highest BCUT2D eigenvalue weighted by atomic mass is 16.5. The molecule has 0 spiro atoms. The molecule has 1 aliphatic rings. The number of hydrogen-bond donors (Lipinski definition) is 0. The molecule has 0 saturated carbocycles. The molecule has 1 aliphatic heterocycles. The Balaban J connectivity index is 1.46. The molecule has 5 heteroatoms. The molecule has 0 radical (unpaired) electrons. The average Bonchev–Trinajstić information content (AvgIpc) is 3.06. The molecular formula is C24H32N4O. The summed E-state index contributed by atoms with van der Waals surface area (Å²) >= 11 is 0. The van der Waals surface area contributed by atoms with Crippen molar-refractivity contribution in [2.45, 2.75) is 46.5 Å². The molecule has 2 aromatic heterocycles. The van der Waals surface area contributed by atoms with Crippen LogP contribution in [-0.4, -0.2) is 46.2 Å². The predicted molar refractivity (Wildman–Crippen MR) is 117 cm³/mol. The van der Waals surface area contributed by atoms with E-state index in [0.717, 1.165) is 47.9 Å². The Labute approximate surface area is 173 Å². The van der Waals surface area contributed by atoms with E-state index in [9.17, 15) is 0 Å². The largest absolute Gasteiger partial charge is 0.493 e. The summed E-state index contributed by atoms with van der Waals surface area (Å²) in [5.41, 5.74) is 6.79. The smallest absolute Gasteiger partial charge is 0.159 e. The van der Waals surface area contributed by atoms with Crippen molar-refractivity contribution >= 4 is 5.65 Å². The Morgan fingerprint density at radius 2 is 1.83 bits per heavy atom. The molecule has 0 atom stereocenters. The normalized spacial score (nSPS) is 15.9. The van der Waals surface area contributed by atoms with E-state index in [1.165, 1.54) is 37.1 Å². The number of nitrogens with zero attached hydrogens (tertiary/aromatic N) is 4. The molecule has 5 nitrogen and oxygen atoms in total. The van der Waals surface area contributed by atoms with Crippen LogP contribution in [0.4, 0.5) is 0 Å². The van der Waals surface area contributed by atoms with Crippen molar-refractivity contribution in [3.63, 3.8) is 0 Å². The maximum absolute atomic E-state index is 6.07. The van der Waals surface area contributed by atoms with Gasteiger partial charge in [0.2, 0.25) is 0 Å². The fourth-order valence-electron chi connectivity index (χ4n) is 4.22. The first kappa shape index (κ1) is 19.9. The summed E-state index contributed by atoms with van der Waals surface area (Å²) < 4.78 is 8.06. The van der Waals surface area contributed by atoms with Crippen molar-refractivity contribution in [1.82, 2.24) is 19.5 Å². The summed E-state index contributed by atoms with van der Waals surface area (Å²) in [6.45, 7) is 9.48. The van der Waals surface area contributed by atoms with Gasteiger partial charge in [0, 0.05) is 23.4 Å². The molecule has 4 rings (SSSR count). The highest BCUT2D eigenvalue weighted by molar-refractivity contribution is 5.53. The van der Waals surface area contributed by atoms with Gasteiger partial charge in [0.25, 0.3) is 0 Å². The second kappa shape index (κ2) is 8.54. The third kappa shape index (κ3) is 4.45. The van der Waals surface area contributed by atoms with Crippen molar-refractivity contribution in [3.05, 3.63) is 58.5 Å². The molecule has 3 heterocycles. The summed E-state index contributed by atoms with van der Waals surface area (Å²) in [6, 6.07) is 10.6. The Hall–Kier alpha value is -2.40. The van der Waals surface area contributed by atoms with Crippen molar-refractivity contribution in [1.29, 1.82) is 0 Å². The third-order valence-corrected chi connectivity index (χ3v) is 6.04. The summed E-state index contributed by atoms with van der Waals surface area (Å²) in [6.07, 6.45) is 4.22.